The fourth-order valence-electron chi connectivity index (χ4n) is 4.43. The third kappa shape index (κ3) is 2.97. The number of benzene rings is 2. The van der Waals surface area contributed by atoms with Crippen molar-refractivity contribution in [1.29, 1.82) is 0 Å². The zero-order valence-electron chi connectivity index (χ0n) is 18.3. The average Bonchev–Trinajstić information content (AvgIpc) is 3.40. The highest BCUT2D eigenvalue weighted by Crippen LogP contribution is 2.34. The van der Waals surface area contributed by atoms with Gasteiger partial charge in [-0.2, -0.15) is 10.2 Å². The number of nitrogens with two attached hydrogens (primary N) is 1. The maximum absolute atomic E-state index is 12.8. The first kappa shape index (κ1) is 20.4. The van der Waals surface area contributed by atoms with E-state index in [1.54, 1.807) is 10.7 Å². The van der Waals surface area contributed by atoms with Gasteiger partial charge in [0.15, 0.2) is 5.65 Å². The minimum Gasteiger partial charge on any atom is -0.383 e. The van der Waals surface area contributed by atoms with Crippen molar-refractivity contribution in [2.24, 2.45) is 0 Å². The molecule has 4 aromatic heterocycles. The van der Waals surface area contributed by atoms with E-state index in [0.29, 0.717) is 38.6 Å². The number of fused-ring (bicyclic) bond motifs is 3. The van der Waals surface area contributed by atoms with Crippen molar-refractivity contribution >= 4 is 50.1 Å². The zero-order chi connectivity index (χ0) is 23.6. The van der Waals surface area contributed by atoms with Crippen LogP contribution in [-0.4, -0.2) is 34.9 Å². The number of nitrogens with zero attached hydrogens (tertiary/aromatic N) is 5. The summed E-state index contributed by atoms with van der Waals surface area (Å²) >= 11 is 6.25. The summed E-state index contributed by atoms with van der Waals surface area (Å²) in [6.07, 6.45) is 1.41. The summed E-state index contributed by atoms with van der Waals surface area (Å²) in [6.45, 7) is 3.89. The number of aromatic nitrogens is 7. The monoisotopic (exact) mass is 470 g/mol. The van der Waals surface area contributed by atoms with E-state index in [0.717, 1.165) is 27.5 Å². The minimum absolute atomic E-state index is 0.254. The second-order valence-corrected chi connectivity index (χ2v) is 8.66. The molecule has 0 spiro atoms. The lowest BCUT2D eigenvalue weighted by molar-refractivity contribution is 0.566. The number of H-pyrrole nitrogens is 2. The maximum Gasteiger partial charge on any atom is 0.257 e. The predicted octanol–water partition coefficient (Wildman–Crippen LogP) is 4.36. The predicted molar refractivity (Wildman–Crippen MR) is 133 cm³/mol. The first-order valence-corrected chi connectivity index (χ1v) is 11.1. The van der Waals surface area contributed by atoms with Crippen LogP contribution < -0.4 is 11.3 Å². The molecule has 2 aromatic carbocycles. The normalized spacial score (nSPS) is 12.7. The van der Waals surface area contributed by atoms with E-state index in [-0.39, 0.29) is 11.6 Å². The Bertz CT molecular complexity index is 1800. The van der Waals surface area contributed by atoms with Gasteiger partial charge in [0.05, 0.1) is 33.0 Å². The van der Waals surface area contributed by atoms with Crippen molar-refractivity contribution < 1.29 is 0 Å². The van der Waals surface area contributed by atoms with Gasteiger partial charge in [0.2, 0.25) is 0 Å². The molecule has 0 saturated heterocycles. The summed E-state index contributed by atoms with van der Waals surface area (Å²) in [5, 5.41) is 15.5. The Morgan fingerprint density at radius 3 is 2.82 bits per heavy atom. The second-order valence-electron chi connectivity index (χ2n) is 8.25. The van der Waals surface area contributed by atoms with Gasteiger partial charge in [-0.1, -0.05) is 35.9 Å². The highest BCUT2D eigenvalue weighted by atomic mass is 35.5. The number of nitrogen functional groups attached to an aromatic ring is 1. The Morgan fingerprint density at radius 1 is 1.12 bits per heavy atom. The van der Waals surface area contributed by atoms with Crippen molar-refractivity contribution in [3.63, 3.8) is 0 Å². The average molecular weight is 471 g/mol. The third-order valence-electron chi connectivity index (χ3n) is 6.20. The quantitative estimate of drug-likeness (QED) is 0.352. The molecule has 6 aromatic rings. The maximum atomic E-state index is 12.8. The lowest BCUT2D eigenvalue weighted by Crippen LogP contribution is -2.16. The number of aromatic amines is 2. The highest BCUT2D eigenvalue weighted by molar-refractivity contribution is 6.35. The van der Waals surface area contributed by atoms with E-state index in [2.05, 4.69) is 25.1 Å². The van der Waals surface area contributed by atoms with E-state index >= 15 is 0 Å². The van der Waals surface area contributed by atoms with Crippen molar-refractivity contribution in [3.8, 4) is 11.3 Å². The van der Waals surface area contributed by atoms with Crippen molar-refractivity contribution in [2.45, 2.75) is 19.9 Å². The lowest BCUT2D eigenvalue weighted by atomic mass is 10.1. The van der Waals surface area contributed by atoms with Crippen LogP contribution in [-0.2, 0) is 0 Å². The van der Waals surface area contributed by atoms with Crippen LogP contribution >= 0.6 is 11.6 Å². The molecule has 0 unspecified atom stereocenters. The Kier molecular flexibility index (Phi) is 4.43. The van der Waals surface area contributed by atoms with Gasteiger partial charge in [0.25, 0.3) is 5.56 Å². The fraction of sp³-hybridized carbons (Fsp3) is 0.125. The van der Waals surface area contributed by atoms with Crippen LogP contribution in [0.15, 0.2) is 53.6 Å². The first-order valence-electron chi connectivity index (χ1n) is 10.7. The molecule has 34 heavy (non-hydrogen) atoms. The number of anilines is 1. The van der Waals surface area contributed by atoms with Crippen LogP contribution in [0.25, 0.3) is 44.0 Å². The van der Waals surface area contributed by atoms with Crippen LogP contribution in [0.3, 0.4) is 0 Å². The molecule has 0 fully saturated rings. The van der Waals surface area contributed by atoms with Crippen molar-refractivity contribution in [3.05, 3.63) is 75.6 Å². The fourth-order valence-corrected chi connectivity index (χ4v) is 4.69. The molecule has 0 aliphatic heterocycles. The van der Waals surface area contributed by atoms with Gasteiger partial charge in [-0.15, -0.1) is 0 Å². The summed E-state index contributed by atoms with van der Waals surface area (Å²) < 4.78 is 1.76. The molecule has 168 valence electrons. The van der Waals surface area contributed by atoms with Gasteiger partial charge in [-0.25, -0.2) is 14.6 Å². The molecule has 0 amide bonds. The summed E-state index contributed by atoms with van der Waals surface area (Å²) in [5.41, 5.74) is 10.6. The summed E-state index contributed by atoms with van der Waals surface area (Å²) in [7, 11) is 0. The molecule has 0 bridgehead atoms. The molecular weight excluding hydrogens is 452 g/mol. The standard InChI is InChI=1S/C24H19ClN8O/c1-11-15-7-6-14(9-18(15)31-30-11)21-20-22(26)27-10-28-23(20)33(32-21)12(2)17-8-13-4-3-5-16(25)19(13)24(34)29-17/h3-10,12H,1-2H3,(H,29,34)(H,30,31)(H2,26,27,28)/t12-/m0/s1. The Balaban J connectivity index is 1.56. The van der Waals surface area contributed by atoms with Gasteiger partial charge in [-0.3, -0.25) is 9.89 Å². The number of pyridine rings is 1. The van der Waals surface area contributed by atoms with E-state index in [1.165, 1.54) is 6.33 Å². The molecule has 0 aliphatic rings. The van der Waals surface area contributed by atoms with Crippen molar-refractivity contribution in [1.82, 2.24) is 34.9 Å². The van der Waals surface area contributed by atoms with Crippen LogP contribution in [0.5, 0.6) is 0 Å². The van der Waals surface area contributed by atoms with E-state index < -0.39 is 0 Å². The smallest absolute Gasteiger partial charge is 0.257 e. The van der Waals surface area contributed by atoms with E-state index in [9.17, 15) is 4.79 Å². The zero-order valence-corrected chi connectivity index (χ0v) is 19.1. The van der Waals surface area contributed by atoms with Gasteiger partial charge in [-0.05, 0) is 37.4 Å². The van der Waals surface area contributed by atoms with E-state index in [4.69, 9.17) is 22.4 Å². The molecule has 4 N–H and O–H groups in total. The Hall–Kier alpha value is -4.24. The molecular formula is C24H19ClN8O. The SMILES string of the molecule is Cc1n[nH]c2cc(-c3nn([C@@H](C)c4cc5cccc(Cl)c5c(=O)[nH]4)c4ncnc(N)c34)ccc12. The topological polar surface area (TPSA) is 131 Å². The molecule has 6 rings (SSSR count). The Labute approximate surface area is 197 Å². The summed E-state index contributed by atoms with van der Waals surface area (Å²) in [5.74, 6) is 0.332. The van der Waals surface area contributed by atoms with Crippen molar-refractivity contribution in [2.75, 3.05) is 5.73 Å². The number of aryl methyl sites for hydroxylation is 1. The molecule has 10 heteroatoms. The van der Waals surface area contributed by atoms with Gasteiger partial charge in [0.1, 0.15) is 17.8 Å². The van der Waals surface area contributed by atoms with Gasteiger partial charge in [0, 0.05) is 16.6 Å². The minimum atomic E-state index is -0.347. The number of nitrogens with one attached hydrogen (secondary N) is 2. The number of hydrogen-bond acceptors (Lipinski definition) is 6. The molecule has 0 saturated carbocycles. The molecule has 4 heterocycles. The first-order chi connectivity index (χ1) is 16.4. The molecule has 1 atom stereocenters. The van der Waals surface area contributed by atoms with E-state index in [1.807, 2.05) is 50.2 Å². The number of halogens is 1. The molecule has 9 nitrogen and oxygen atoms in total. The van der Waals surface area contributed by atoms with Gasteiger partial charge >= 0.3 is 0 Å². The number of rotatable bonds is 3. The molecule has 0 radical (unpaired) electrons. The van der Waals surface area contributed by atoms with Crippen LogP contribution in [0.1, 0.15) is 24.4 Å². The highest BCUT2D eigenvalue weighted by Gasteiger charge is 2.22. The summed E-state index contributed by atoms with van der Waals surface area (Å²) in [4.78, 5) is 24.4. The molecule has 0 aliphatic carbocycles. The Morgan fingerprint density at radius 2 is 1.97 bits per heavy atom. The number of hydrogen-bond donors (Lipinski definition) is 3. The van der Waals surface area contributed by atoms with Crippen LogP contribution in [0.4, 0.5) is 5.82 Å². The largest absolute Gasteiger partial charge is 0.383 e. The third-order valence-corrected chi connectivity index (χ3v) is 6.52. The van der Waals surface area contributed by atoms with Crippen LogP contribution in [0.2, 0.25) is 5.02 Å². The summed E-state index contributed by atoms with van der Waals surface area (Å²) in [6, 6.07) is 12.9. The van der Waals surface area contributed by atoms with Gasteiger partial charge < -0.3 is 10.7 Å². The van der Waals surface area contributed by atoms with Crippen LogP contribution in [0, 0.1) is 6.92 Å². The second kappa shape index (κ2) is 7.39. The lowest BCUT2D eigenvalue weighted by Gasteiger charge is -2.14.